The van der Waals surface area contributed by atoms with Crippen molar-refractivity contribution in [2.75, 3.05) is 7.11 Å². The number of ether oxygens (including phenoxy) is 1. The lowest BCUT2D eigenvalue weighted by molar-refractivity contribution is 0.0990. The highest BCUT2D eigenvalue weighted by Crippen LogP contribution is 2.42. The van der Waals surface area contributed by atoms with E-state index in [1.165, 1.54) is 13.2 Å². The number of hydrogen-bond acceptors (Lipinski definition) is 4. The standard InChI is InChI=1S/C24H34O4Si/c1-16(2)29(17(3)4,18(5)6)28-20-10-8-19(9-11-20)14-23(25)22-13-12-21(27-7)15-24(22)26/h8-13,15-18,26H,14H2,1-7H3. The number of methoxy groups -OCH3 is 1. The molecule has 2 rings (SSSR count). The summed E-state index contributed by atoms with van der Waals surface area (Å²) in [4.78, 5) is 12.6. The van der Waals surface area contributed by atoms with Gasteiger partial charge in [-0.15, -0.1) is 0 Å². The zero-order valence-electron chi connectivity index (χ0n) is 18.7. The van der Waals surface area contributed by atoms with E-state index in [0.717, 1.165) is 11.3 Å². The van der Waals surface area contributed by atoms with E-state index in [9.17, 15) is 9.90 Å². The molecule has 0 aromatic heterocycles. The van der Waals surface area contributed by atoms with Crippen LogP contribution in [0, 0.1) is 0 Å². The number of hydrogen-bond donors (Lipinski definition) is 1. The Morgan fingerprint density at radius 2 is 1.41 bits per heavy atom. The van der Waals surface area contributed by atoms with Gasteiger partial charge >= 0.3 is 0 Å². The third kappa shape index (κ3) is 5.02. The molecule has 0 fully saturated rings. The first-order valence-corrected chi connectivity index (χ1v) is 12.4. The highest BCUT2D eigenvalue weighted by molar-refractivity contribution is 6.78. The molecule has 1 N–H and O–H groups in total. The fraction of sp³-hybridized carbons (Fsp3) is 0.458. The first kappa shape index (κ1) is 23.0. The van der Waals surface area contributed by atoms with Crippen LogP contribution in [0.4, 0.5) is 0 Å². The second-order valence-corrected chi connectivity index (χ2v) is 13.9. The Balaban J connectivity index is 2.17. The number of Topliss-reactive ketones (excluding diaryl/α,β-unsaturated/α-hetero) is 1. The van der Waals surface area contributed by atoms with E-state index >= 15 is 0 Å². The van der Waals surface area contributed by atoms with Crippen LogP contribution in [0.15, 0.2) is 42.5 Å². The van der Waals surface area contributed by atoms with E-state index in [4.69, 9.17) is 9.16 Å². The van der Waals surface area contributed by atoms with Gasteiger partial charge in [0.05, 0.1) is 12.7 Å². The number of phenols is 1. The van der Waals surface area contributed by atoms with E-state index in [0.29, 0.717) is 27.9 Å². The Morgan fingerprint density at radius 3 is 1.86 bits per heavy atom. The van der Waals surface area contributed by atoms with Gasteiger partial charge in [0.25, 0.3) is 8.32 Å². The maximum absolute atomic E-state index is 12.6. The van der Waals surface area contributed by atoms with Crippen molar-refractivity contribution in [2.24, 2.45) is 0 Å². The summed E-state index contributed by atoms with van der Waals surface area (Å²) in [6.45, 7) is 13.6. The van der Waals surface area contributed by atoms with Crippen molar-refractivity contribution in [3.8, 4) is 17.2 Å². The summed E-state index contributed by atoms with van der Waals surface area (Å²) >= 11 is 0. The molecule has 0 aliphatic rings. The van der Waals surface area contributed by atoms with E-state index in [2.05, 4.69) is 41.5 Å². The lowest BCUT2D eigenvalue weighted by atomic mass is 10.0. The molecule has 0 radical (unpaired) electrons. The van der Waals surface area contributed by atoms with Crippen LogP contribution in [0.1, 0.15) is 57.5 Å². The van der Waals surface area contributed by atoms with Crippen molar-refractivity contribution in [1.82, 2.24) is 0 Å². The van der Waals surface area contributed by atoms with Crippen LogP contribution in [0.2, 0.25) is 16.6 Å². The van der Waals surface area contributed by atoms with Gasteiger partial charge in [0.1, 0.15) is 17.2 Å². The van der Waals surface area contributed by atoms with Gasteiger partial charge in [-0.25, -0.2) is 0 Å². The topological polar surface area (TPSA) is 55.8 Å². The first-order chi connectivity index (χ1) is 13.6. The fourth-order valence-electron chi connectivity index (χ4n) is 4.39. The lowest BCUT2D eigenvalue weighted by Gasteiger charge is -2.42. The monoisotopic (exact) mass is 414 g/mol. The Morgan fingerprint density at radius 1 is 0.897 bits per heavy atom. The molecule has 0 saturated heterocycles. The Hall–Kier alpha value is -2.27. The minimum absolute atomic E-state index is 0.0594. The molecular formula is C24H34O4Si. The second-order valence-electron chi connectivity index (χ2n) is 8.55. The number of aromatic hydroxyl groups is 1. The maximum Gasteiger partial charge on any atom is 0.258 e. The molecule has 0 atom stereocenters. The van der Waals surface area contributed by atoms with E-state index in [1.54, 1.807) is 12.1 Å². The molecule has 4 nitrogen and oxygen atoms in total. The van der Waals surface area contributed by atoms with Crippen LogP contribution in [-0.2, 0) is 6.42 Å². The molecule has 0 aliphatic carbocycles. The van der Waals surface area contributed by atoms with Gasteiger partial charge in [-0.2, -0.15) is 0 Å². The molecule has 29 heavy (non-hydrogen) atoms. The van der Waals surface area contributed by atoms with Gasteiger partial charge in [0.15, 0.2) is 5.78 Å². The average Bonchev–Trinajstić information content (AvgIpc) is 2.66. The van der Waals surface area contributed by atoms with Gasteiger partial charge in [-0.05, 0) is 46.5 Å². The second kappa shape index (κ2) is 9.48. The first-order valence-electron chi connectivity index (χ1n) is 10.3. The van der Waals surface area contributed by atoms with Crippen LogP contribution in [0.5, 0.6) is 17.2 Å². The number of phenolic OH excluding ortho intramolecular Hbond substituents is 1. The molecule has 0 unspecified atom stereocenters. The fourth-order valence-corrected chi connectivity index (χ4v) is 9.64. The summed E-state index contributed by atoms with van der Waals surface area (Å²) in [6.07, 6.45) is 0.223. The molecule has 2 aromatic carbocycles. The molecule has 0 saturated carbocycles. The predicted octanol–water partition coefficient (Wildman–Crippen LogP) is 6.38. The molecule has 0 heterocycles. The van der Waals surface area contributed by atoms with Gasteiger partial charge < -0.3 is 14.3 Å². The van der Waals surface area contributed by atoms with Crippen molar-refractivity contribution in [1.29, 1.82) is 0 Å². The molecule has 0 spiro atoms. The van der Waals surface area contributed by atoms with Crippen molar-refractivity contribution in [2.45, 2.75) is 64.6 Å². The van der Waals surface area contributed by atoms with Crippen LogP contribution in [-0.4, -0.2) is 26.3 Å². The minimum Gasteiger partial charge on any atom is -0.543 e. The normalized spacial score (nSPS) is 11.9. The zero-order chi connectivity index (χ0) is 21.8. The number of rotatable bonds is 9. The molecule has 158 valence electrons. The highest BCUT2D eigenvalue weighted by Gasteiger charge is 2.46. The van der Waals surface area contributed by atoms with E-state index < -0.39 is 8.32 Å². The molecular weight excluding hydrogens is 380 g/mol. The average molecular weight is 415 g/mol. The van der Waals surface area contributed by atoms with Crippen molar-refractivity contribution in [3.63, 3.8) is 0 Å². The Kier molecular flexibility index (Phi) is 7.52. The number of carbonyl (C=O) groups excluding carboxylic acids is 1. The van der Waals surface area contributed by atoms with Gasteiger partial charge in [-0.3, -0.25) is 4.79 Å². The highest BCUT2D eigenvalue weighted by atomic mass is 28.4. The summed E-state index contributed by atoms with van der Waals surface area (Å²) in [5.74, 6) is 1.20. The van der Waals surface area contributed by atoms with Crippen LogP contribution in [0.3, 0.4) is 0 Å². The van der Waals surface area contributed by atoms with Crippen LogP contribution < -0.4 is 9.16 Å². The van der Waals surface area contributed by atoms with E-state index in [-0.39, 0.29) is 18.0 Å². The molecule has 0 aliphatic heterocycles. The maximum atomic E-state index is 12.6. The third-order valence-corrected chi connectivity index (χ3v) is 11.8. The minimum atomic E-state index is -2.00. The van der Waals surface area contributed by atoms with Gasteiger partial charge in [0, 0.05) is 12.5 Å². The number of benzene rings is 2. The lowest BCUT2D eigenvalue weighted by Crippen LogP contribution is -2.50. The van der Waals surface area contributed by atoms with Gasteiger partial charge in [0.2, 0.25) is 0 Å². The Bertz CT molecular complexity index is 803. The molecule has 0 amide bonds. The summed E-state index contributed by atoms with van der Waals surface area (Å²) in [5, 5.41) is 10.1. The summed E-state index contributed by atoms with van der Waals surface area (Å²) in [5.41, 5.74) is 2.70. The third-order valence-electron chi connectivity index (χ3n) is 5.80. The number of ketones is 1. The quantitative estimate of drug-likeness (QED) is 0.382. The molecule has 0 bridgehead atoms. The molecule has 2 aromatic rings. The van der Waals surface area contributed by atoms with Crippen molar-refractivity contribution < 1.29 is 19.1 Å². The van der Waals surface area contributed by atoms with E-state index in [1.807, 2.05) is 24.3 Å². The molecule has 5 heteroatoms. The van der Waals surface area contributed by atoms with Crippen LogP contribution >= 0.6 is 0 Å². The summed E-state index contributed by atoms with van der Waals surface area (Å²) in [7, 11) is -0.476. The zero-order valence-corrected chi connectivity index (χ0v) is 19.7. The van der Waals surface area contributed by atoms with Crippen molar-refractivity contribution in [3.05, 3.63) is 53.6 Å². The predicted molar refractivity (Wildman–Crippen MR) is 121 cm³/mol. The SMILES string of the molecule is COc1ccc(C(=O)Cc2ccc(O[Si](C(C)C)(C(C)C)C(C)C)cc2)c(O)c1. The van der Waals surface area contributed by atoms with Crippen LogP contribution in [0.25, 0.3) is 0 Å². The largest absolute Gasteiger partial charge is 0.543 e. The van der Waals surface area contributed by atoms with Crippen molar-refractivity contribution >= 4 is 14.1 Å². The smallest absolute Gasteiger partial charge is 0.258 e. The summed E-state index contributed by atoms with van der Waals surface area (Å²) < 4.78 is 11.7. The van der Waals surface area contributed by atoms with Gasteiger partial charge in [-0.1, -0.05) is 53.7 Å². The summed E-state index contributed by atoms with van der Waals surface area (Å²) in [6, 6.07) is 12.5. The Labute approximate surface area is 176 Å². The number of carbonyl (C=O) groups is 1.